The number of carboxylic acids is 1. The number of aliphatic hydroxyl groups is 1. The van der Waals surface area contributed by atoms with Crippen molar-refractivity contribution in [3.8, 4) is 0 Å². The van der Waals surface area contributed by atoms with Gasteiger partial charge in [-0.2, -0.15) is 0 Å². The molecule has 1 aliphatic carbocycles. The minimum atomic E-state index is -0.967. The molecule has 2 N–H and O–H groups in total. The number of allylic oxidation sites excluding steroid dienone is 1. The van der Waals surface area contributed by atoms with Crippen molar-refractivity contribution in [3.05, 3.63) is 52.7 Å². The Labute approximate surface area is 129 Å². The van der Waals surface area contributed by atoms with E-state index in [0.717, 1.165) is 11.1 Å². The molecule has 116 valence electrons. The second-order valence-corrected chi connectivity index (χ2v) is 5.88. The van der Waals surface area contributed by atoms with E-state index < -0.39 is 18.2 Å². The highest BCUT2D eigenvalue weighted by atomic mass is 16.7. The van der Waals surface area contributed by atoms with Crippen molar-refractivity contribution in [3.63, 3.8) is 0 Å². The SMILES string of the molecule is CC(C)C1=C(C(=O)O)C(C)ON1C1=CC(O)c2ccccc21. The summed E-state index contributed by atoms with van der Waals surface area (Å²) >= 11 is 0. The molecule has 2 aliphatic rings. The molecule has 3 rings (SSSR count). The maximum atomic E-state index is 11.6. The lowest BCUT2D eigenvalue weighted by atomic mass is 10.0. The number of nitrogens with zero attached hydrogens (tertiary/aromatic N) is 1. The molecule has 0 spiro atoms. The van der Waals surface area contributed by atoms with E-state index >= 15 is 0 Å². The van der Waals surface area contributed by atoms with E-state index in [2.05, 4.69) is 0 Å². The molecule has 0 bridgehead atoms. The molecule has 1 aromatic carbocycles. The predicted octanol–water partition coefficient (Wildman–Crippen LogP) is 2.70. The van der Waals surface area contributed by atoms with Crippen LogP contribution >= 0.6 is 0 Å². The first-order valence-electron chi connectivity index (χ1n) is 7.35. The van der Waals surface area contributed by atoms with Crippen LogP contribution in [0, 0.1) is 5.92 Å². The van der Waals surface area contributed by atoms with E-state index in [9.17, 15) is 15.0 Å². The monoisotopic (exact) mass is 301 g/mol. The molecule has 0 amide bonds. The average molecular weight is 301 g/mol. The fourth-order valence-electron chi connectivity index (χ4n) is 3.10. The van der Waals surface area contributed by atoms with Gasteiger partial charge < -0.3 is 10.2 Å². The van der Waals surface area contributed by atoms with E-state index in [1.165, 1.54) is 0 Å². The normalized spacial score (nSPS) is 24.0. The quantitative estimate of drug-likeness (QED) is 0.898. The summed E-state index contributed by atoms with van der Waals surface area (Å²) in [5.41, 5.74) is 3.28. The van der Waals surface area contributed by atoms with Crippen molar-refractivity contribution in [1.82, 2.24) is 5.06 Å². The van der Waals surface area contributed by atoms with Crippen LogP contribution in [0.25, 0.3) is 5.70 Å². The van der Waals surface area contributed by atoms with Gasteiger partial charge in [0.2, 0.25) is 0 Å². The third-order valence-electron chi connectivity index (χ3n) is 4.03. The van der Waals surface area contributed by atoms with Crippen molar-refractivity contribution in [2.24, 2.45) is 5.92 Å². The lowest BCUT2D eigenvalue weighted by Crippen LogP contribution is -2.20. The molecule has 5 heteroatoms. The molecule has 0 saturated carbocycles. The van der Waals surface area contributed by atoms with Gasteiger partial charge in [0.1, 0.15) is 12.2 Å². The second-order valence-electron chi connectivity index (χ2n) is 5.88. The molecule has 0 saturated heterocycles. The van der Waals surface area contributed by atoms with Crippen LogP contribution < -0.4 is 0 Å². The molecule has 2 atom stereocenters. The fourth-order valence-corrected chi connectivity index (χ4v) is 3.10. The van der Waals surface area contributed by atoms with Crippen molar-refractivity contribution >= 4 is 11.7 Å². The zero-order chi connectivity index (χ0) is 16.0. The van der Waals surface area contributed by atoms with Gasteiger partial charge in [0.25, 0.3) is 0 Å². The highest BCUT2D eigenvalue weighted by Gasteiger charge is 2.39. The van der Waals surface area contributed by atoms with Gasteiger partial charge in [-0.15, -0.1) is 0 Å². The van der Waals surface area contributed by atoms with Crippen LogP contribution in [0.3, 0.4) is 0 Å². The zero-order valence-electron chi connectivity index (χ0n) is 12.8. The van der Waals surface area contributed by atoms with Crippen LogP contribution in [0.5, 0.6) is 0 Å². The molecule has 1 aliphatic heterocycles. The van der Waals surface area contributed by atoms with Crippen molar-refractivity contribution in [2.45, 2.75) is 33.0 Å². The van der Waals surface area contributed by atoms with Gasteiger partial charge in [-0.3, -0.25) is 4.84 Å². The van der Waals surface area contributed by atoms with Gasteiger partial charge >= 0.3 is 5.97 Å². The van der Waals surface area contributed by atoms with Crippen molar-refractivity contribution in [2.75, 3.05) is 0 Å². The maximum Gasteiger partial charge on any atom is 0.336 e. The molecule has 0 fully saturated rings. The molecular weight excluding hydrogens is 282 g/mol. The number of carbonyl (C=O) groups is 1. The van der Waals surface area contributed by atoms with E-state index in [1.807, 2.05) is 38.1 Å². The van der Waals surface area contributed by atoms with Crippen LogP contribution in [-0.2, 0) is 9.63 Å². The van der Waals surface area contributed by atoms with Gasteiger partial charge in [0.15, 0.2) is 0 Å². The van der Waals surface area contributed by atoms with Gasteiger partial charge in [-0.1, -0.05) is 38.1 Å². The first-order chi connectivity index (χ1) is 10.4. The molecule has 1 heterocycles. The standard InChI is InChI=1S/C17H19NO4/c1-9(2)16-15(17(20)21)10(3)22-18(16)13-8-14(19)12-7-5-4-6-11(12)13/h4-10,14,19H,1-3H3,(H,20,21). The van der Waals surface area contributed by atoms with Crippen LogP contribution in [-0.4, -0.2) is 27.3 Å². The van der Waals surface area contributed by atoms with Crippen LogP contribution in [0.1, 0.15) is 38.0 Å². The summed E-state index contributed by atoms with van der Waals surface area (Å²) in [6, 6.07) is 7.53. The zero-order valence-corrected chi connectivity index (χ0v) is 12.8. The summed E-state index contributed by atoms with van der Waals surface area (Å²) in [5, 5.41) is 21.2. The number of hydrogen-bond donors (Lipinski definition) is 2. The van der Waals surface area contributed by atoms with E-state index in [4.69, 9.17) is 4.84 Å². The number of hydroxylamine groups is 2. The molecule has 2 unspecified atom stereocenters. The van der Waals surface area contributed by atoms with Crippen LogP contribution in [0.15, 0.2) is 41.6 Å². The summed E-state index contributed by atoms with van der Waals surface area (Å²) < 4.78 is 0. The first-order valence-corrected chi connectivity index (χ1v) is 7.35. The van der Waals surface area contributed by atoms with Crippen molar-refractivity contribution in [1.29, 1.82) is 0 Å². The molecule has 5 nitrogen and oxygen atoms in total. The summed E-state index contributed by atoms with van der Waals surface area (Å²) in [4.78, 5) is 17.4. The molecular formula is C17H19NO4. The van der Waals surface area contributed by atoms with E-state index in [0.29, 0.717) is 11.4 Å². The summed E-state index contributed by atoms with van der Waals surface area (Å²) in [5.74, 6) is -0.979. The Morgan fingerprint density at radius 1 is 1.32 bits per heavy atom. The lowest BCUT2D eigenvalue weighted by molar-refractivity contribution is -0.135. The first kappa shape index (κ1) is 14.8. The number of rotatable bonds is 3. The van der Waals surface area contributed by atoms with Gasteiger partial charge in [0.05, 0.1) is 17.0 Å². The third-order valence-corrected chi connectivity index (χ3v) is 4.03. The van der Waals surface area contributed by atoms with Crippen LogP contribution in [0.2, 0.25) is 0 Å². The number of carboxylic acid groups (broad SMARTS) is 1. The van der Waals surface area contributed by atoms with E-state index in [1.54, 1.807) is 18.1 Å². The summed E-state index contributed by atoms with van der Waals surface area (Å²) in [6.07, 6.45) is 0.470. The van der Waals surface area contributed by atoms with Gasteiger partial charge in [-0.25, -0.2) is 9.86 Å². The molecule has 0 aromatic heterocycles. The fraction of sp³-hybridized carbons (Fsp3) is 0.353. The minimum absolute atomic E-state index is 0.0122. The van der Waals surface area contributed by atoms with Crippen molar-refractivity contribution < 1.29 is 19.8 Å². The van der Waals surface area contributed by atoms with E-state index in [-0.39, 0.29) is 11.5 Å². The largest absolute Gasteiger partial charge is 0.478 e. The Kier molecular flexibility index (Phi) is 3.54. The number of aliphatic carboxylic acids is 1. The Balaban J connectivity index is 2.10. The Hall–Kier alpha value is -2.11. The predicted molar refractivity (Wildman–Crippen MR) is 81.3 cm³/mol. The highest BCUT2D eigenvalue weighted by molar-refractivity contribution is 5.90. The Morgan fingerprint density at radius 3 is 2.64 bits per heavy atom. The number of hydrogen-bond acceptors (Lipinski definition) is 4. The molecule has 0 radical (unpaired) electrons. The smallest absolute Gasteiger partial charge is 0.336 e. The van der Waals surface area contributed by atoms with Gasteiger partial charge in [0, 0.05) is 5.56 Å². The molecule has 1 aromatic rings. The second kappa shape index (κ2) is 5.26. The minimum Gasteiger partial charge on any atom is -0.478 e. The van der Waals surface area contributed by atoms with Crippen LogP contribution in [0.4, 0.5) is 0 Å². The maximum absolute atomic E-state index is 11.6. The molecule has 22 heavy (non-hydrogen) atoms. The highest BCUT2D eigenvalue weighted by Crippen LogP contribution is 2.43. The third kappa shape index (κ3) is 2.14. The van der Waals surface area contributed by atoms with Gasteiger partial charge in [-0.05, 0) is 24.5 Å². The number of benzene rings is 1. The topological polar surface area (TPSA) is 70.0 Å². The lowest BCUT2D eigenvalue weighted by Gasteiger charge is -2.25. The Bertz CT molecular complexity index is 690. The average Bonchev–Trinajstić information content (AvgIpc) is 2.97. The number of fused-ring (bicyclic) bond motifs is 1. The number of aliphatic hydroxyl groups excluding tert-OH is 1. The summed E-state index contributed by atoms with van der Waals surface area (Å²) in [6.45, 7) is 5.60. The summed E-state index contributed by atoms with van der Waals surface area (Å²) in [7, 11) is 0. The Morgan fingerprint density at radius 2 is 2.00 bits per heavy atom.